The summed E-state index contributed by atoms with van der Waals surface area (Å²) < 4.78 is 70.3. The largest absolute Gasteiger partial charge is 0.465 e. The molecule has 0 spiro atoms. The number of amidine groups is 1. The predicted molar refractivity (Wildman–Crippen MR) is 140 cm³/mol. The SMILES string of the molecule is CC1CN(C(=O)O)CCN1C(=NC(=O)Nc1ccccc1C(F)(F)F)c1cc(Cl)c(-c2ccccc2F)cc1F. The molecule has 2 N–H and O–H groups in total. The summed E-state index contributed by atoms with van der Waals surface area (Å²) in [6.45, 7) is 1.58. The summed E-state index contributed by atoms with van der Waals surface area (Å²) in [5.41, 5.74) is -1.87. The van der Waals surface area contributed by atoms with E-state index in [4.69, 9.17) is 11.6 Å². The molecule has 1 aliphatic heterocycles. The molecule has 0 aliphatic carbocycles. The van der Waals surface area contributed by atoms with Crippen molar-refractivity contribution in [3.63, 3.8) is 0 Å². The van der Waals surface area contributed by atoms with Gasteiger partial charge in [-0.05, 0) is 37.3 Å². The molecule has 3 aromatic rings. The van der Waals surface area contributed by atoms with Crippen LogP contribution < -0.4 is 5.32 Å². The van der Waals surface area contributed by atoms with Crippen LogP contribution in [0.2, 0.25) is 5.02 Å². The maximum absolute atomic E-state index is 15.6. The first-order chi connectivity index (χ1) is 18.9. The van der Waals surface area contributed by atoms with E-state index in [-0.39, 0.29) is 47.2 Å². The highest BCUT2D eigenvalue weighted by molar-refractivity contribution is 6.33. The summed E-state index contributed by atoms with van der Waals surface area (Å²) in [7, 11) is 0. The molecule has 40 heavy (non-hydrogen) atoms. The molecule has 0 radical (unpaired) electrons. The third-order valence-corrected chi connectivity index (χ3v) is 6.63. The third-order valence-electron chi connectivity index (χ3n) is 6.31. The molecule has 1 unspecified atom stereocenters. The fourth-order valence-corrected chi connectivity index (χ4v) is 4.67. The van der Waals surface area contributed by atoms with Gasteiger partial charge in [0.05, 0.1) is 16.8 Å². The number of piperazine rings is 1. The molecule has 4 rings (SSSR count). The number of amides is 3. The van der Waals surface area contributed by atoms with Crippen molar-refractivity contribution >= 4 is 35.2 Å². The van der Waals surface area contributed by atoms with Crippen molar-refractivity contribution in [2.24, 2.45) is 4.99 Å². The van der Waals surface area contributed by atoms with Crippen LogP contribution in [-0.2, 0) is 6.18 Å². The Morgan fingerprint density at radius 1 is 1.00 bits per heavy atom. The summed E-state index contributed by atoms with van der Waals surface area (Å²) >= 11 is 6.41. The average molecular weight is 581 g/mol. The molecule has 1 saturated heterocycles. The fraction of sp³-hybridized carbons (Fsp3) is 0.222. The normalized spacial score (nSPS) is 16.2. The lowest BCUT2D eigenvalue weighted by molar-refractivity contribution is -0.136. The van der Waals surface area contributed by atoms with Crippen LogP contribution in [0.5, 0.6) is 0 Å². The van der Waals surface area contributed by atoms with Crippen LogP contribution in [0.3, 0.4) is 0 Å². The molecule has 1 fully saturated rings. The lowest BCUT2D eigenvalue weighted by Crippen LogP contribution is -2.55. The number of rotatable bonds is 3. The first kappa shape index (κ1) is 28.8. The highest BCUT2D eigenvalue weighted by Gasteiger charge is 2.34. The average Bonchev–Trinajstić information content (AvgIpc) is 2.89. The van der Waals surface area contributed by atoms with Crippen LogP contribution in [0.25, 0.3) is 11.1 Å². The number of benzene rings is 3. The molecule has 7 nitrogen and oxygen atoms in total. The lowest BCUT2D eigenvalue weighted by Gasteiger charge is -2.40. The van der Waals surface area contributed by atoms with Crippen molar-refractivity contribution < 1.29 is 36.6 Å². The lowest BCUT2D eigenvalue weighted by atomic mass is 10.0. The molecule has 13 heteroatoms. The Morgan fingerprint density at radius 3 is 2.33 bits per heavy atom. The highest BCUT2D eigenvalue weighted by Crippen LogP contribution is 2.35. The Kier molecular flexibility index (Phi) is 8.29. The minimum atomic E-state index is -4.76. The number of carboxylic acid groups (broad SMARTS) is 1. The number of anilines is 1. The summed E-state index contributed by atoms with van der Waals surface area (Å²) in [4.78, 5) is 30.9. The molecule has 210 valence electrons. The molecule has 3 aromatic carbocycles. The Labute approximate surface area is 230 Å². The van der Waals surface area contributed by atoms with Crippen molar-refractivity contribution in [3.05, 3.63) is 88.4 Å². The van der Waals surface area contributed by atoms with E-state index in [2.05, 4.69) is 10.3 Å². The van der Waals surface area contributed by atoms with Gasteiger partial charge in [0, 0.05) is 41.8 Å². The fourth-order valence-electron chi connectivity index (χ4n) is 4.41. The number of alkyl halides is 3. The topological polar surface area (TPSA) is 85.2 Å². The molecule has 1 heterocycles. The van der Waals surface area contributed by atoms with Crippen molar-refractivity contribution in [3.8, 4) is 11.1 Å². The number of para-hydroxylation sites is 1. The first-order valence-electron chi connectivity index (χ1n) is 11.9. The molecule has 1 aliphatic rings. The molecular weight excluding hydrogens is 559 g/mol. The van der Waals surface area contributed by atoms with Crippen molar-refractivity contribution in [1.82, 2.24) is 9.80 Å². The van der Waals surface area contributed by atoms with E-state index >= 15 is 4.39 Å². The Morgan fingerprint density at radius 2 is 1.68 bits per heavy atom. The van der Waals surface area contributed by atoms with Crippen molar-refractivity contribution in [1.29, 1.82) is 0 Å². The molecule has 1 atom stereocenters. The number of carbonyl (C=O) groups is 2. The van der Waals surface area contributed by atoms with Gasteiger partial charge in [-0.25, -0.2) is 18.4 Å². The van der Waals surface area contributed by atoms with E-state index in [1.807, 2.05) is 0 Å². The van der Waals surface area contributed by atoms with Gasteiger partial charge >= 0.3 is 18.3 Å². The second kappa shape index (κ2) is 11.5. The van der Waals surface area contributed by atoms with E-state index in [1.54, 1.807) is 13.0 Å². The van der Waals surface area contributed by atoms with Crippen LogP contribution >= 0.6 is 11.6 Å². The second-order valence-corrected chi connectivity index (χ2v) is 9.38. The van der Waals surface area contributed by atoms with Gasteiger partial charge in [0.15, 0.2) is 0 Å². The molecular formula is C27H22ClF5N4O3. The number of urea groups is 1. The predicted octanol–water partition coefficient (Wildman–Crippen LogP) is 6.97. The maximum Gasteiger partial charge on any atom is 0.418 e. The smallest absolute Gasteiger partial charge is 0.418 e. The van der Waals surface area contributed by atoms with Crippen LogP contribution in [0.15, 0.2) is 65.7 Å². The Hall–Kier alpha value is -4.19. The number of aliphatic imine (C=N–C) groups is 1. The quantitative estimate of drug-likeness (QED) is 0.199. The molecule has 0 bridgehead atoms. The summed E-state index contributed by atoms with van der Waals surface area (Å²) in [6.07, 6.45) is -5.93. The number of nitrogens with one attached hydrogen (secondary N) is 1. The minimum Gasteiger partial charge on any atom is -0.465 e. The van der Waals surface area contributed by atoms with E-state index < -0.39 is 47.2 Å². The van der Waals surface area contributed by atoms with Gasteiger partial charge < -0.3 is 20.2 Å². The van der Waals surface area contributed by atoms with Crippen LogP contribution in [0, 0.1) is 11.6 Å². The van der Waals surface area contributed by atoms with Gasteiger partial charge in [0.1, 0.15) is 17.5 Å². The Balaban J connectivity index is 1.78. The first-order valence-corrected chi connectivity index (χ1v) is 12.3. The van der Waals surface area contributed by atoms with Crippen molar-refractivity contribution in [2.75, 3.05) is 25.0 Å². The molecule has 3 amide bonds. The zero-order valence-electron chi connectivity index (χ0n) is 20.8. The standard InChI is InChI=1S/C27H22ClF5N4O3/c1-15-14-36(26(39)40)10-11-37(15)24(35-25(38)34-23-9-5-3-7-19(23)27(31,32)33)18-12-20(28)17(13-22(18)30)16-6-2-4-8-21(16)29/h2-9,12-13,15H,10-11,14H2,1H3,(H,34,38)(H,39,40). The molecule has 0 aromatic heterocycles. The Bertz CT molecular complexity index is 1480. The van der Waals surface area contributed by atoms with Gasteiger partial charge in [-0.2, -0.15) is 18.2 Å². The van der Waals surface area contributed by atoms with Gasteiger partial charge in [0.2, 0.25) is 0 Å². The number of halogens is 6. The van der Waals surface area contributed by atoms with Gasteiger partial charge in [-0.1, -0.05) is 41.9 Å². The van der Waals surface area contributed by atoms with Gasteiger partial charge in [0.25, 0.3) is 0 Å². The van der Waals surface area contributed by atoms with E-state index in [9.17, 15) is 32.3 Å². The van der Waals surface area contributed by atoms with Crippen LogP contribution in [0.1, 0.15) is 18.1 Å². The number of hydrogen-bond donors (Lipinski definition) is 2. The maximum atomic E-state index is 15.6. The van der Waals surface area contributed by atoms with Gasteiger partial charge in [-0.3, -0.25) is 0 Å². The summed E-state index contributed by atoms with van der Waals surface area (Å²) in [5, 5.41) is 11.4. The number of carbonyl (C=O) groups excluding carboxylic acids is 1. The zero-order valence-corrected chi connectivity index (χ0v) is 21.6. The number of hydrogen-bond acceptors (Lipinski definition) is 2. The summed E-state index contributed by atoms with van der Waals surface area (Å²) in [6, 6.07) is 10.1. The van der Waals surface area contributed by atoms with Crippen molar-refractivity contribution in [2.45, 2.75) is 19.1 Å². The van der Waals surface area contributed by atoms with E-state index in [0.717, 1.165) is 35.2 Å². The van der Waals surface area contributed by atoms with Crippen LogP contribution in [-0.4, -0.2) is 58.5 Å². The van der Waals surface area contributed by atoms with Crippen LogP contribution in [0.4, 0.5) is 37.2 Å². The highest BCUT2D eigenvalue weighted by atomic mass is 35.5. The summed E-state index contributed by atoms with van der Waals surface area (Å²) in [5.74, 6) is -1.86. The second-order valence-electron chi connectivity index (χ2n) is 8.97. The third kappa shape index (κ3) is 6.17. The monoisotopic (exact) mass is 580 g/mol. The van der Waals surface area contributed by atoms with E-state index in [0.29, 0.717) is 0 Å². The van der Waals surface area contributed by atoms with Gasteiger partial charge in [-0.15, -0.1) is 0 Å². The zero-order chi connectivity index (χ0) is 29.2. The minimum absolute atomic E-state index is 0.00909. The molecule has 0 saturated carbocycles. The number of nitrogens with zero attached hydrogens (tertiary/aromatic N) is 3. The van der Waals surface area contributed by atoms with E-state index in [1.165, 1.54) is 29.2 Å².